The van der Waals surface area contributed by atoms with Gasteiger partial charge in [0.15, 0.2) is 5.65 Å². The van der Waals surface area contributed by atoms with Gasteiger partial charge in [-0.25, -0.2) is 9.78 Å². The second-order valence-electron chi connectivity index (χ2n) is 8.29. The maximum absolute atomic E-state index is 12.4. The second kappa shape index (κ2) is 10.9. The van der Waals surface area contributed by atoms with Crippen LogP contribution in [0, 0.1) is 0 Å². The number of amides is 2. The molecule has 0 aliphatic heterocycles. The number of anilines is 2. The average Bonchev–Trinajstić information content (AvgIpc) is 3.28. The second-order valence-corrected chi connectivity index (χ2v) is 9.11. The predicted molar refractivity (Wildman–Crippen MR) is 150 cm³/mol. The fourth-order valence-corrected chi connectivity index (χ4v) is 4.29. The van der Waals surface area contributed by atoms with Crippen LogP contribution < -0.4 is 21.4 Å². The maximum atomic E-state index is 12.4. The molecule has 0 aliphatic carbocycles. The normalized spacial score (nSPS) is 10.9. The number of halogens is 2. The van der Waals surface area contributed by atoms with Crippen LogP contribution in [0.4, 0.5) is 16.3 Å². The Morgan fingerprint density at radius 2 is 1.70 bits per heavy atom. The predicted octanol–water partition coefficient (Wildman–Crippen LogP) is 5.43. The maximum Gasteiger partial charge on any atom is 0.319 e. The standard InChI is InChI=1S/C27H21BCl2N6O/c28-21-16-33-36-25(13-24(35-26(21)36)20-9-2-4-11-23(20)30)31-14-17-6-5-8-19(12-17)34-27(37)32-15-18-7-1-3-10-22(18)29/h1-13,16,31H,14-15H2,(H2,32,34,37). The highest BCUT2D eigenvalue weighted by molar-refractivity contribution is 6.36. The first-order valence-corrected chi connectivity index (χ1v) is 12.2. The molecule has 5 aromatic rings. The molecule has 0 atom stereocenters. The lowest BCUT2D eigenvalue weighted by atomic mass is 10.0. The monoisotopic (exact) mass is 526 g/mol. The van der Waals surface area contributed by atoms with Crippen LogP contribution in [-0.2, 0) is 13.1 Å². The van der Waals surface area contributed by atoms with Crippen molar-refractivity contribution in [2.75, 3.05) is 10.6 Å². The zero-order valence-corrected chi connectivity index (χ0v) is 21.1. The summed E-state index contributed by atoms with van der Waals surface area (Å²) in [6.45, 7) is 0.795. The first-order chi connectivity index (χ1) is 18.0. The molecule has 2 aromatic heterocycles. The van der Waals surface area contributed by atoms with Crippen molar-refractivity contribution in [3.05, 3.63) is 106 Å². The minimum Gasteiger partial charge on any atom is -0.366 e. The van der Waals surface area contributed by atoms with Crippen LogP contribution in [0.15, 0.2) is 85.1 Å². The largest absolute Gasteiger partial charge is 0.366 e. The Kier molecular flexibility index (Phi) is 7.30. The number of nitrogens with zero attached hydrogens (tertiary/aromatic N) is 3. The van der Waals surface area contributed by atoms with E-state index in [1.807, 2.05) is 72.8 Å². The molecule has 2 heterocycles. The molecule has 10 heteroatoms. The number of aromatic nitrogens is 3. The van der Waals surface area contributed by atoms with E-state index in [0.717, 1.165) is 16.7 Å². The third-order valence-corrected chi connectivity index (χ3v) is 6.40. The molecule has 37 heavy (non-hydrogen) atoms. The van der Waals surface area contributed by atoms with E-state index in [2.05, 4.69) is 26.0 Å². The highest BCUT2D eigenvalue weighted by Crippen LogP contribution is 2.28. The van der Waals surface area contributed by atoms with Gasteiger partial charge in [-0.05, 0) is 40.9 Å². The molecule has 182 valence electrons. The molecule has 7 nitrogen and oxygen atoms in total. The first kappa shape index (κ1) is 24.7. The van der Waals surface area contributed by atoms with Crippen molar-refractivity contribution in [3.8, 4) is 11.3 Å². The van der Waals surface area contributed by atoms with Gasteiger partial charge in [0.2, 0.25) is 0 Å². The number of hydrogen-bond acceptors (Lipinski definition) is 4. The van der Waals surface area contributed by atoms with E-state index in [1.165, 1.54) is 0 Å². The topological polar surface area (TPSA) is 83.3 Å². The Morgan fingerprint density at radius 3 is 2.51 bits per heavy atom. The van der Waals surface area contributed by atoms with Gasteiger partial charge < -0.3 is 16.0 Å². The molecule has 3 N–H and O–H groups in total. The van der Waals surface area contributed by atoms with E-state index in [9.17, 15) is 4.79 Å². The molecule has 3 aromatic carbocycles. The van der Waals surface area contributed by atoms with Gasteiger partial charge >= 0.3 is 6.03 Å². The number of benzene rings is 3. The van der Waals surface area contributed by atoms with Crippen LogP contribution in [0.3, 0.4) is 0 Å². The quantitative estimate of drug-likeness (QED) is 0.247. The summed E-state index contributed by atoms with van der Waals surface area (Å²) < 4.78 is 1.65. The minimum absolute atomic E-state index is 0.322. The van der Waals surface area contributed by atoms with E-state index >= 15 is 0 Å². The summed E-state index contributed by atoms with van der Waals surface area (Å²) in [6, 6.07) is 24.0. The number of hydrogen-bond donors (Lipinski definition) is 3. The Labute approximate surface area is 225 Å². The van der Waals surface area contributed by atoms with E-state index < -0.39 is 0 Å². The fraction of sp³-hybridized carbons (Fsp3) is 0.0741. The van der Waals surface area contributed by atoms with E-state index in [0.29, 0.717) is 51.4 Å². The summed E-state index contributed by atoms with van der Waals surface area (Å²) in [5.41, 5.74) is 4.93. The average molecular weight is 527 g/mol. The van der Waals surface area contributed by atoms with Gasteiger partial charge in [0.1, 0.15) is 13.7 Å². The Bertz CT molecular complexity index is 1590. The molecular formula is C27H21BCl2N6O. The molecule has 0 saturated heterocycles. The van der Waals surface area contributed by atoms with Gasteiger partial charge in [-0.2, -0.15) is 9.61 Å². The van der Waals surface area contributed by atoms with Crippen LogP contribution in [0.25, 0.3) is 16.9 Å². The fourth-order valence-electron chi connectivity index (χ4n) is 3.86. The molecule has 2 radical (unpaired) electrons. The molecule has 0 unspecified atom stereocenters. The molecule has 2 amide bonds. The van der Waals surface area contributed by atoms with Gasteiger partial charge in [0, 0.05) is 46.6 Å². The van der Waals surface area contributed by atoms with Crippen molar-refractivity contribution in [2.24, 2.45) is 0 Å². The molecule has 0 fully saturated rings. The lowest BCUT2D eigenvalue weighted by Gasteiger charge is -2.13. The van der Waals surface area contributed by atoms with Gasteiger partial charge in [-0.1, -0.05) is 71.7 Å². The van der Waals surface area contributed by atoms with Crippen LogP contribution in [-0.4, -0.2) is 28.5 Å². The summed E-state index contributed by atoms with van der Waals surface area (Å²) in [5, 5.41) is 14.6. The number of rotatable bonds is 7. The summed E-state index contributed by atoms with van der Waals surface area (Å²) in [7, 11) is 6.11. The lowest BCUT2D eigenvalue weighted by molar-refractivity contribution is 0.251. The number of carbonyl (C=O) groups is 1. The van der Waals surface area contributed by atoms with Crippen molar-refractivity contribution in [2.45, 2.75) is 13.1 Å². The Morgan fingerprint density at radius 1 is 0.919 bits per heavy atom. The third kappa shape index (κ3) is 5.71. The lowest BCUT2D eigenvalue weighted by Crippen LogP contribution is -2.28. The zero-order valence-electron chi connectivity index (χ0n) is 19.6. The van der Waals surface area contributed by atoms with Crippen LogP contribution in [0.1, 0.15) is 11.1 Å². The zero-order chi connectivity index (χ0) is 25.8. The van der Waals surface area contributed by atoms with E-state index in [-0.39, 0.29) is 6.03 Å². The van der Waals surface area contributed by atoms with Crippen molar-refractivity contribution < 1.29 is 4.79 Å². The number of nitrogens with one attached hydrogen (secondary N) is 3. The highest BCUT2D eigenvalue weighted by Gasteiger charge is 2.13. The summed E-state index contributed by atoms with van der Waals surface area (Å²) in [6.07, 6.45) is 1.57. The van der Waals surface area contributed by atoms with Gasteiger partial charge in [-0.15, -0.1) is 0 Å². The number of carbonyl (C=O) groups excluding carboxylic acids is 1. The van der Waals surface area contributed by atoms with Crippen molar-refractivity contribution in [1.29, 1.82) is 0 Å². The smallest absolute Gasteiger partial charge is 0.319 e. The van der Waals surface area contributed by atoms with Gasteiger partial charge in [0.25, 0.3) is 0 Å². The molecule has 0 bridgehead atoms. The third-order valence-electron chi connectivity index (χ3n) is 5.70. The van der Waals surface area contributed by atoms with Crippen LogP contribution in [0.2, 0.25) is 10.0 Å². The molecule has 0 aliphatic rings. The van der Waals surface area contributed by atoms with Crippen molar-refractivity contribution in [3.63, 3.8) is 0 Å². The summed E-state index contributed by atoms with van der Waals surface area (Å²) in [4.78, 5) is 17.1. The first-order valence-electron chi connectivity index (χ1n) is 11.5. The van der Waals surface area contributed by atoms with Gasteiger partial charge in [-0.3, -0.25) is 0 Å². The van der Waals surface area contributed by atoms with Crippen molar-refractivity contribution >= 4 is 59.7 Å². The molecule has 0 saturated carbocycles. The molecule has 5 rings (SSSR count). The van der Waals surface area contributed by atoms with Gasteiger partial charge in [0.05, 0.1) is 5.69 Å². The Hall–Kier alpha value is -4.01. The highest BCUT2D eigenvalue weighted by atomic mass is 35.5. The SMILES string of the molecule is [B]c1cnn2c(NCc3cccc(NC(=O)NCc4ccccc4Cl)c3)cc(-c3ccccc3Cl)nc12. The number of fused-ring (bicyclic) bond motifs is 1. The summed E-state index contributed by atoms with van der Waals surface area (Å²) in [5.74, 6) is 0.701. The molecular weight excluding hydrogens is 506 g/mol. The summed E-state index contributed by atoms with van der Waals surface area (Å²) >= 11 is 12.6. The minimum atomic E-state index is -0.322. The van der Waals surface area contributed by atoms with E-state index in [1.54, 1.807) is 16.8 Å². The van der Waals surface area contributed by atoms with E-state index in [4.69, 9.17) is 31.0 Å². The number of urea groups is 1. The molecule has 0 spiro atoms. The van der Waals surface area contributed by atoms with Crippen LogP contribution in [0.5, 0.6) is 0 Å². The van der Waals surface area contributed by atoms with Crippen LogP contribution >= 0.6 is 23.2 Å². The van der Waals surface area contributed by atoms with Crippen molar-refractivity contribution in [1.82, 2.24) is 19.9 Å². The Balaban J connectivity index is 1.30.